The molecule has 2 aliphatic rings. The Hall–Kier alpha value is -2.28. The SMILES string of the molecule is C[C@H]1OCCN(C(=O)c2ccccn2)[C@@H]1c1nc(C2CC2)no1. The fraction of sp³-hybridized carbons (Fsp3) is 0.500. The van der Waals surface area contributed by atoms with Crippen molar-refractivity contribution >= 4 is 5.91 Å². The maximum Gasteiger partial charge on any atom is 0.273 e. The Balaban J connectivity index is 1.64. The van der Waals surface area contributed by atoms with Crippen molar-refractivity contribution in [1.29, 1.82) is 0 Å². The van der Waals surface area contributed by atoms with Gasteiger partial charge in [0.05, 0.1) is 12.7 Å². The molecule has 2 aromatic rings. The van der Waals surface area contributed by atoms with Crippen LogP contribution >= 0.6 is 0 Å². The summed E-state index contributed by atoms with van der Waals surface area (Å²) >= 11 is 0. The summed E-state index contributed by atoms with van der Waals surface area (Å²) in [5.41, 5.74) is 0.411. The van der Waals surface area contributed by atoms with Gasteiger partial charge in [0.15, 0.2) is 5.82 Å². The Labute approximate surface area is 133 Å². The molecule has 0 spiro atoms. The van der Waals surface area contributed by atoms with Crippen LogP contribution in [0, 0.1) is 0 Å². The van der Waals surface area contributed by atoms with Crippen molar-refractivity contribution in [1.82, 2.24) is 20.0 Å². The van der Waals surface area contributed by atoms with Gasteiger partial charge in [0.1, 0.15) is 11.7 Å². The molecule has 2 fully saturated rings. The van der Waals surface area contributed by atoms with E-state index in [0.29, 0.717) is 30.7 Å². The van der Waals surface area contributed by atoms with Crippen LogP contribution in [0.25, 0.3) is 0 Å². The average molecular weight is 314 g/mol. The third kappa shape index (κ3) is 2.72. The molecule has 1 amide bonds. The summed E-state index contributed by atoms with van der Waals surface area (Å²) in [6, 6.07) is 4.93. The molecule has 7 nitrogen and oxygen atoms in total. The van der Waals surface area contributed by atoms with Crippen LogP contribution in [0.1, 0.15) is 53.9 Å². The van der Waals surface area contributed by atoms with E-state index < -0.39 is 0 Å². The van der Waals surface area contributed by atoms with Crippen molar-refractivity contribution in [2.75, 3.05) is 13.2 Å². The Kier molecular flexibility index (Phi) is 3.57. The molecule has 0 aromatic carbocycles. The quantitative estimate of drug-likeness (QED) is 0.861. The van der Waals surface area contributed by atoms with Gasteiger partial charge in [0.25, 0.3) is 11.8 Å². The highest BCUT2D eigenvalue weighted by Gasteiger charge is 2.39. The van der Waals surface area contributed by atoms with Gasteiger partial charge < -0.3 is 14.2 Å². The molecule has 2 aromatic heterocycles. The second-order valence-corrected chi connectivity index (χ2v) is 6.00. The van der Waals surface area contributed by atoms with Crippen molar-refractivity contribution in [3.05, 3.63) is 41.8 Å². The maximum atomic E-state index is 12.8. The van der Waals surface area contributed by atoms with E-state index >= 15 is 0 Å². The van der Waals surface area contributed by atoms with E-state index in [0.717, 1.165) is 18.7 Å². The van der Waals surface area contributed by atoms with E-state index in [-0.39, 0.29) is 18.1 Å². The monoisotopic (exact) mass is 314 g/mol. The van der Waals surface area contributed by atoms with E-state index in [1.165, 1.54) is 0 Å². The summed E-state index contributed by atoms with van der Waals surface area (Å²) in [6.07, 6.45) is 3.62. The minimum atomic E-state index is -0.377. The Morgan fingerprint density at radius 1 is 1.35 bits per heavy atom. The summed E-state index contributed by atoms with van der Waals surface area (Å²) < 4.78 is 11.1. The molecule has 0 N–H and O–H groups in total. The number of nitrogens with zero attached hydrogens (tertiary/aromatic N) is 4. The highest BCUT2D eigenvalue weighted by atomic mass is 16.5. The standard InChI is InChI=1S/C16H18N4O3/c1-10-13(15-18-14(19-23-15)11-5-6-11)20(8-9-22-10)16(21)12-4-2-3-7-17-12/h2-4,7,10-11,13H,5-6,8-9H2,1H3/t10-,13+/m1/s1. The molecular weight excluding hydrogens is 296 g/mol. The van der Waals surface area contributed by atoms with Crippen LogP contribution in [0.15, 0.2) is 28.9 Å². The van der Waals surface area contributed by atoms with E-state index in [1.54, 1.807) is 29.3 Å². The van der Waals surface area contributed by atoms with Crippen LogP contribution in [-0.2, 0) is 4.74 Å². The zero-order valence-corrected chi connectivity index (χ0v) is 12.9. The van der Waals surface area contributed by atoms with Crippen molar-refractivity contribution in [2.45, 2.75) is 37.8 Å². The zero-order valence-electron chi connectivity index (χ0n) is 12.9. The fourth-order valence-corrected chi connectivity index (χ4v) is 2.89. The second-order valence-electron chi connectivity index (χ2n) is 6.00. The first-order chi connectivity index (χ1) is 11.2. The smallest absolute Gasteiger partial charge is 0.273 e. The molecule has 1 saturated carbocycles. The molecule has 1 saturated heterocycles. The van der Waals surface area contributed by atoms with Crippen molar-refractivity contribution in [3.8, 4) is 0 Å². The molecular formula is C16H18N4O3. The first-order valence-corrected chi connectivity index (χ1v) is 7.91. The number of morpholine rings is 1. The molecule has 7 heteroatoms. The van der Waals surface area contributed by atoms with Crippen LogP contribution in [0.4, 0.5) is 0 Å². The number of pyridine rings is 1. The van der Waals surface area contributed by atoms with Gasteiger partial charge in [-0.05, 0) is 31.9 Å². The number of hydrogen-bond donors (Lipinski definition) is 0. The summed E-state index contributed by atoms with van der Waals surface area (Å²) in [7, 11) is 0. The molecule has 0 unspecified atom stereocenters. The van der Waals surface area contributed by atoms with Crippen LogP contribution in [0.3, 0.4) is 0 Å². The van der Waals surface area contributed by atoms with Gasteiger partial charge in [-0.25, -0.2) is 0 Å². The number of ether oxygens (including phenoxy) is 1. The normalized spacial score (nSPS) is 24.7. The lowest BCUT2D eigenvalue weighted by Crippen LogP contribution is -2.47. The molecule has 23 heavy (non-hydrogen) atoms. The number of carbonyl (C=O) groups excluding carboxylic acids is 1. The second kappa shape index (κ2) is 5.73. The van der Waals surface area contributed by atoms with Gasteiger partial charge in [0, 0.05) is 18.7 Å². The van der Waals surface area contributed by atoms with E-state index in [9.17, 15) is 4.79 Å². The third-order valence-corrected chi connectivity index (χ3v) is 4.29. The average Bonchev–Trinajstić information content (AvgIpc) is 3.33. The Bertz CT molecular complexity index is 698. The Morgan fingerprint density at radius 2 is 2.22 bits per heavy atom. The summed E-state index contributed by atoms with van der Waals surface area (Å²) in [5, 5.41) is 4.06. The van der Waals surface area contributed by atoms with Crippen molar-refractivity contribution in [2.24, 2.45) is 0 Å². The molecule has 0 bridgehead atoms. The minimum absolute atomic E-state index is 0.142. The molecule has 4 rings (SSSR count). The van der Waals surface area contributed by atoms with E-state index in [2.05, 4.69) is 15.1 Å². The third-order valence-electron chi connectivity index (χ3n) is 4.29. The molecule has 2 atom stereocenters. The topological polar surface area (TPSA) is 81.4 Å². The van der Waals surface area contributed by atoms with Crippen molar-refractivity contribution in [3.63, 3.8) is 0 Å². The highest BCUT2D eigenvalue weighted by molar-refractivity contribution is 5.92. The number of hydrogen-bond acceptors (Lipinski definition) is 6. The van der Waals surface area contributed by atoms with Gasteiger partial charge in [0.2, 0.25) is 0 Å². The minimum Gasteiger partial charge on any atom is -0.374 e. The number of rotatable bonds is 3. The van der Waals surface area contributed by atoms with Gasteiger partial charge in [-0.1, -0.05) is 11.2 Å². The van der Waals surface area contributed by atoms with Gasteiger partial charge in [-0.2, -0.15) is 4.98 Å². The highest BCUT2D eigenvalue weighted by Crippen LogP contribution is 2.39. The fourth-order valence-electron chi connectivity index (χ4n) is 2.89. The summed E-state index contributed by atoms with van der Waals surface area (Å²) in [5.74, 6) is 1.45. The van der Waals surface area contributed by atoms with Crippen molar-refractivity contribution < 1.29 is 14.1 Å². The first-order valence-electron chi connectivity index (χ1n) is 7.91. The first kappa shape index (κ1) is 14.3. The van der Waals surface area contributed by atoms with Gasteiger partial charge >= 0.3 is 0 Å². The summed E-state index contributed by atoms with van der Waals surface area (Å²) in [4.78, 5) is 23.2. The number of aromatic nitrogens is 3. The Morgan fingerprint density at radius 3 is 2.96 bits per heavy atom. The lowest BCUT2D eigenvalue weighted by molar-refractivity contribution is -0.0602. The van der Waals surface area contributed by atoms with Crippen LogP contribution in [-0.4, -0.2) is 45.2 Å². The van der Waals surface area contributed by atoms with E-state index in [4.69, 9.17) is 9.26 Å². The lowest BCUT2D eigenvalue weighted by Gasteiger charge is -2.37. The zero-order chi connectivity index (χ0) is 15.8. The predicted octanol–water partition coefficient (Wildman–Crippen LogP) is 1.94. The molecule has 3 heterocycles. The van der Waals surface area contributed by atoms with Crippen LogP contribution in [0.2, 0.25) is 0 Å². The largest absolute Gasteiger partial charge is 0.374 e. The molecule has 1 aliphatic heterocycles. The van der Waals surface area contributed by atoms with Gasteiger partial charge in [-0.15, -0.1) is 0 Å². The number of amides is 1. The lowest BCUT2D eigenvalue weighted by atomic mass is 10.1. The molecule has 120 valence electrons. The van der Waals surface area contributed by atoms with Crippen LogP contribution in [0.5, 0.6) is 0 Å². The van der Waals surface area contributed by atoms with Crippen LogP contribution < -0.4 is 0 Å². The van der Waals surface area contributed by atoms with Gasteiger partial charge in [-0.3, -0.25) is 9.78 Å². The number of carbonyl (C=O) groups is 1. The van der Waals surface area contributed by atoms with E-state index in [1.807, 2.05) is 6.92 Å². The summed E-state index contributed by atoms with van der Waals surface area (Å²) in [6.45, 7) is 2.88. The maximum absolute atomic E-state index is 12.8. The predicted molar refractivity (Wildman–Crippen MR) is 79.7 cm³/mol. The molecule has 1 aliphatic carbocycles. The molecule has 0 radical (unpaired) electrons.